The average Bonchev–Trinajstić information content (AvgIpc) is 1.68. The maximum absolute atomic E-state index is 8.20. The van der Waals surface area contributed by atoms with Crippen molar-refractivity contribution in [3.05, 3.63) is 11.2 Å². The molecule has 0 radical (unpaired) electrons. The lowest BCUT2D eigenvalue weighted by molar-refractivity contribution is 0.466. The Balaban J connectivity index is 3.17. The summed E-state index contributed by atoms with van der Waals surface area (Å²) in [6.45, 7) is 1.76. The molecule has 0 saturated carbocycles. The summed E-state index contributed by atoms with van der Waals surface area (Å²) in [4.78, 5) is 0.752. The van der Waals surface area contributed by atoms with Gasteiger partial charge in [0, 0.05) is 16.9 Å². The van der Waals surface area contributed by atoms with Crippen LogP contribution in [0.15, 0.2) is 11.2 Å². The summed E-state index contributed by atoms with van der Waals surface area (Å²) < 4.78 is 4.58. The summed E-state index contributed by atoms with van der Waals surface area (Å²) >= 11 is 1.14. The third kappa shape index (κ3) is 3.69. The molecular formula is C4H8O2S. The molecule has 7 heavy (non-hydrogen) atoms. The van der Waals surface area contributed by atoms with Crippen molar-refractivity contribution < 1.29 is 9.29 Å². The van der Waals surface area contributed by atoms with Crippen LogP contribution >= 0.6 is 12.0 Å². The van der Waals surface area contributed by atoms with Crippen LogP contribution in [0.3, 0.4) is 0 Å². The van der Waals surface area contributed by atoms with Gasteiger partial charge in [-0.05, 0) is 6.92 Å². The molecular weight excluding hydrogens is 112 g/mol. The Hall–Kier alpha value is -0.150. The normalized spacial score (nSPS) is 12.0. The molecule has 2 nitrogen and oxygen atoms in total. The molecule has 1 N–H and O–H groups in total. The Bertz CT molecular complexity index is 70.1. The van der Waals surface area contributed by atoms with Gasteiger partial charge in [0.2, 0.25) is 0 Å². The number of hydrogen-bond donors (Lipinski definition) is 1. The van der Waals surface area contributed by atoms with E-state index in [0.717, 1.165) is 23.2 Å². The van der Waals surface area contributed by atoms with Crippen LogP contribution in [0.2, 0.25) is 0 Å². The van der Waals surface area contributed by atoms with Crippen molar-refractivity contribution in [3.8, 4) is 0 Å². The number of aliphatic hydroxyl groups is 1. The van der Waals surface area contributed by atoms with Gasteiger partial charge in [-0.15, -0.1) is 0 Å². The Labute approximate surface area is 47.4 Å². The fourth-order valence-electron chi connectivity index (χ4n) is 0.153. The van der Waals surface area contributed by atoms with Gasteiger partial charge in [-0.25, -0.2) is 0 Å². The standard InChI is InChI=1S/C4H8O2S/c1-4(3-5)7-6-2/h3,5H,1-2H3/b4-3+. The van der Waals surface area contributed by atoms with Crippen molar-refractivity contribution in [3.63, 3.8) is 0 Å². The van der Waals surface area contributed by atoms with Crippen LogP contribution < -0.4 is 0 Å². The highest BCUT2D eigenvalue weighted by molar-refractivity contribution is 7.98. The minimum Gasteiger partial charge on any atom is -0.515 e. The van der Waals surface area contributed by atoms with Gasteiger partial charge in [0.1, 0.15) is 0 Å². The van der Waals surface area contributed by atoms with Crippen molar-refractivity contribution in [2.45, 2.75) is 6.92 Å². The highest BCUT2D eigenvalue weighted by Gasteiger charge is 1.83. The molecule has 0 aliphatic carbocycles. The largest absolute Gasteiger partial charge is 0.515 e. The Morgan fingerprint density at radius 3 is 2.57 bits per heavy atom. The van der Waals surface area contributed by atoms with E-state index in [4.69, 9.17) is 5.11 Å². The average molecular weight is 120 g/mol. The molecule has 0 aliphatic rings. The minimum absolute atomic E-state index is 0.752. The zero-order valence-corrected chi connectivity index (χ0v) is 5.16. The van der Waals surface area contributed by atoms with E-state index in [1.807, 2.05) is 0 Å². The van der Waals surface area contributed by atoms with Gasteiger partial charge in [0.15, 0.2) is 0 Å². The lowest BCUT2D eigenvalue weighted by Crippen LogP contribution is -1.67. The van der Waals surface area contributed by atoms with Crippen molar-refractivity contribution in [1.29, 1.82) is 0 Å². The molecule has 0 rings (SSSR count). The predicted octanol–water partition coefficient (Wildman–Crippen LogP) is 1.70. The summed E-state index contributed by atoms with van der Waals surface area (Å²) in [5, 5.41) is 8.20. The number of aliphatic hydroxyl groups excluding tert-OH is 1. The Morgan fingerprint density at radius 2 is 2.43 bits per heavy atom. The molecule has 0 bridgehead atoms. The van der Waals surface area contributed by atoms with E-state index in [2.05, 4.69) is 4.18 Å². The van der Waals surface area contributed by atoms with Crippen molar-refractivity contribution in [2.24, 2.45) is 0 Å². The van der Waals surface area contributed by atoms with Crippen LogP contribution in [0.4, 0.5) is 0 Å². The van der Waals surface area contributed by atoms with Gasteiger partial charge in [-0.2, -0.15) is 0 Å². The maximum Gasteiger partial charge on any atom is 0.0906 e. The zero-order chi connectivity index (χ0) is 5.70. The predicted molar refractivity (Wildman–Crippen MR) is 31.0 cm³/mol. The molecule has 0 aromatic heterocycles. The number of rotatable bonds is 2. The van der Waals surface area contributed by atoms with E-state index in [0.29, 0.717) is 0 Å². The van der Waals surface area contributed by atoms with E-state index in [9.17, 15) is 0 Å². The van der Waals surface area contributed by atoms with Gasteiger partial charge >= 0.3 is 0 Å². The molecule has 0 amide bonds. The second kappa shape index (κ2) is 4.02. The van der Waals surface area contributed by atoms with E-state index >= 15 is 0 Å². The molecule has 0 heterocycles. The Morgan fingerprint density at radius 1 is 1.86 bits per heavy atom. The lowest BCUT2D eigenvalue weighted by atomic mass is 10.7. The maximum atomic E-state index is 8.20. The van der Waals surface area contributed by atoms with Gasteiger partial charge < -0.3 is 9.29 Å². The van der Waals surface area contributed by atoms with Crippen LogP contribution in [-0.4, -0.2) is 12.2 Å². The number of allylic oxidation sites excluding steroid dienone is 1. The van der Waals surface area contributed by atoms with Crippen molar-refractivity contribution in [1.82, 2.24) is 0 Å². The molecule has 0 fully saturated rings. The van der Waals surface area contributed by atoms with E-state index in [-0.39, 0.29) is 0 Å². The van der Waals surface area contributed by atoms with Crippen molar-refractivity contribution >= 4 is 12.0 Å². The summed E-state index contributed by atoms with van der Waals surface area (Å²) in [6, 6.07) is 0. The smallest absolute Gasteiger partial charge is 0.0906 e. The fourth-order valence-corrected chi connectivity index (χ4v) is 0.459. The van der Waals surface area contributed by atoms with Gasteiger partial charge in [0.05, 0.1) is 13.4 Å². The molecule has 0 aromatic rings. The van der Waals surface area contributed by atoms with Crippen molar-refractivity contribution in [2.75, 3.05) is 7.11 Å². The summed E-state index contributed by atoms with van der Waals surface area (Å²) in [7, 11) is 1.55. The second-order valence-electron chi connectivity index (χ2n) is 0.990. The topological polar surface area (TPSA) is 29.5 Å². The summed E-state index contributed by atoms with van der Waals surface area (Å²) in [5.74, 6) is 0. The fraction of sp³-hybridized carbons (Fsp3) is 0.500. The van der Waals surface area contributed by atoms with E-state index < -0.39 is 0 Å². The van der Waals surface area contributed by atoms with Crippen LogP contribution in [0.5, 0.6) is 0 Å². The first-order chi connectivity index (χ1) is 3.31. The van der Waals surface area contributed by atoms with Gasteiger partial charge in [-0.3, -0.25) is 0 Å². The first-order valence-electron chi connectivity index (χ1n) is 1.83. The van der Waals surface area contributed by atoms with Crippen LogP contribution in [-0.2, 0) is 4.18 Å². The molecule has 42 valence electrons. The highest BCUT2D eigenvalue weighted by atomic mass is 32.2. The van der Waals surface area contributed by atoms with Crippen LogP contribution in [0.25, 0.3) is 0 Å². The second-order valence-corrected chi connectivity index (χ2v) is 2.13. The number of hydrogen-bond acceptors (Lipinski definition) is 3. The Kier molecular flexibility index (Phi) is 3.93. The van der Waals surface area contributed by atoms with E-state index in [1.54, 1.807) is 14.0 Å². The first kappa shape index (κ1) is 6.85. The molecule has 0 aliphatic heterocycles. The summed E-state index contributed by atoms with van der Waals surface area (Å²) in [6.07, 6.45) is 1.01. The molecule has 0 saturated heterocycles. The summed E-state index contributed by atoms with van der Waals surface area (Å²) in [5.41, 5.74) is 0. The molecule has 0 atom stereocenters. The van der Waals surface area contributed by atoms with Gasteiger partial charge in [0.25, 0.3) is 0 Å². The molecule has 3 heteroatoms. The van der Waals surface area contributed by atoms with Gasteiger partial charge in [-0.1, -0.05) is 0 Å². The minimum atomic E-state index is 0.752. The zero-order valence-electron chi connectivity index (χ0n) is 4.34. The SMILES string of the molecule is COS/C(C)=C/O. The first-order valence-corrected chi connectivity index (χ1v) is 2.57. The molecule has 0 aromatic carbocycles. The third-order valence-corrected chi connectivity index (χ3v) is 0.932. The van der Waals surface area contributed by atoms with Crippen LogP contribution in [0.1, 0.15) is 6.92 Å². The third-order valence-electron chi connectivity index (χ3n) is 0.397. The quantitative estimate of drug-likeness (QED) is 0.444. The lowest BCUT2D eigenvalue weighted by Gasteiger charge is -1.90. The molecule has 0 unspecified atom stereocenters. The van der Waals surface area contributed by atoms with Crippen LogP contribution in [0, 0.1) is 0 Å². The monoisotopic (exact) mass is 120 g/mol. The van der Waals surface area contributed by atoms with E-state index in [1.165, 1.54) is 0 Å². The highest BCUT2D eigenvalue weighted by Crippen LogP contribution is 2.11. The molecule has 0 spiro atoms.